The summed E-state index contributed by atoms with van der Waals surface area (Å²) in [6.45, 7) is 3.66. The molecule has 0 spiro atoms. The molecule has 1 N–H and O–H groups in total. The molecule has 1 aromatic carbocycles. The van der Waals surface area contributed by atoms with Crippen LogP contribution in [0.25, 0.3) is 10.9 Å². The fourth-order valence-electron chi connectivity index (χ4n) is 3.92. The number of hydrogen-bond donors (Lipinski definition) is 1. The van der Waals surface area contributed by atoms with Crippen molar-refractivity contribution in [2.45, 2.75) is 50.6 Å². The first-order chi connectivity index (χ1) is 14.7. The normalized spacial score (nSPS) is 14.0. The van der Waals surface area contributed by atoms with E-state index in [1.807, 2.05) is 12.3 Å². The van der Waals surface area contributed by atoms with Gasteiger partial charge in [0.15, 0.2) is 0 Å². The Labute approximate surface area is 182 Å². The summed E-state index contributed by atoms with van der Waals surface area (Å²) in [4.78, 5) is 16.8. The Morgan fingerprint density at radius 2 is 2.03 bits per heavy atom. The van der Waals surface area contributed by atoms with Crippen molar-refractivity contribution in [3.63, 3.8) is 0 Å². The molecule has 4 nitrogen and oxygen atoms in total. The van der Waals surface area contributed by atoms with Crippen LogP contribution in [0.2, 0.25) is 0 Å². The number of allylic oxidation sites excluding steroid dienone is 1. The van der Waals surface area contributed by atoms with Gasteiger partial charge in [0.05, 0.1) is 11.3 Å². The lowest BCUT2D eigenvalue weighted by atomic mass is 9.97. The van der Waals surface area contributed by atoms with Crippen molar-refractivity contribution in [2.24, 2.45) is 0 Å². The molecule has 5 heteroatoms. The largest absolute Gasteiger partial charge is 0.355 e. The van der Waals surface area contributed by atoms with Crippen LogP contribution in [0.15, 0.2) is 65.5 Å². The number of aryl methyl sites for hydroxylation is 1. The van der Waals surface area contributed by atoms with E-state index in [4.69, 9.17) is 0 Å². The van der Waals surface area contributed by atoms with Crippen molar-refractivity contribution in [3.8, 4) is 0 Å². The summed E-state index contributed by atoms with van der Waals surface area (Å²) in [5.41, 5.74) is 5.19. The topological polar surface area (TPSA) is 46.9 Å². The summed E-state index contributed by atoms with van der Waals surface area (Å²) in [5.74, 6) is 0.475. The molecule has 3 aromatic rings. The molecule has 0 saturated heterocycles. The minimum Gasteiger partial charge on any atom is -0.355 e. The number of hydrogen-bond acceptors (Lipinski definition) is 3. The van der Waals surface area contributed by atoms with Gasteiger partial charge in [-0.3, -0.25) is 4.79 Å². The van der Waals surface area contributed by atoms with Gasteiger partial charge < -0.3 is 9.88 Å². The van der Waals surface area contributed by atoms with E-state index in [0.717, 1.165) is 35.4 Å². The maximum atomic E-state index is 12.3. The van der Waals surface area contributed by atoms with Crippen LogP contribution < -0.4 is 5.32 Å². The maximum absolute atomic E-state index is 12.3. The molecule has 30 heavy (non-hydrogen) atoms. The number of amides is 1. The molecular formula is C25H29N3OS. The predicted octanol–water partition coefficient (Wildman–Crippen LogP) is 5.49. The Morgan fingerprint density at radius 1 is 1.17 bits per heavy atom. The molecule has 0 aliphatic heterocycles. The van der Waals surface area contributed by atoms with Crippen LogP contribution in [0.4, 0.5) is 0 Å². The van der Waals surface area contributed by atoms with E-state index in [1.165, 1.54) is 54.1 Å². The number of aromatic nitrogens is 2. The standard InChI is InChI=1S/C25H29N3OS/c1-19-7-9-21(10-8-19)17-28-16-13-22-23(28)12-15-27-25(22)30-18-24(29)26-14-11-20-5-3-2-4-6-20/h5,7-10,12-13,15-16H,2-4,6,11,14,17-18H2,1H3,(H,26,29). The van der Waals surface area contributed by atoms with Gasteiger partial charge in [0.2, 0.25) is 5.91 Å². The Hall–Kier alpha value is -2.53. The monoisotopic (exact) mass is 419 g/mol. The highest BCUT2D eigenvalue weighted by atomic mass is 32.2. The SMILES string of the molecule is Cc1ccc(Cn2ccc3c(SCC(=O)NCCC4=CCCCC4)nccc32)cc1. The van der Waals surface area contributed by atoms with E-state index in [1.54, 1.807) is 0 Å². The molecule has 0 unspecified atom stereocenters. The van der Waals surface area contributed by atoms with Gasteiger partial charge in [-0.1, -0.05) is 53.2 Å². The fraction of sp³-hybridized carbons (Fsp3) is 0.360. The molecule has 0 fully saturated rings. The smallest absolute Gasteiger partial charge is 0.230 e. The third-order valence-electron chi connectivity index (χ3n) is 5.63. The van der Waals surface area contributed by atoms with Crippen LogP contribution in [0, 0.1) is 6.92 Å². The Balaban J connectivity index is 1.34. The van der Waals surface area contributed by atoms with Crippen molar-refractivity contribution < 1.29 is 4.79 Å². The first-order valence-corrected chi connectivity index (χ1v) is 11.7. The number of fused-ring (bicyclic) bond motifs is 1. The second-order valence-electron chi connectivity index (χ2n) is 7.97. The third kappa shape index (κ3) is 5.33. The quantitative estimate of drug-likeness (QED) is 0.388. The van der Waals surface area contributed by atoms with E-state index >= 15 is 0 Å². The highest BCUT2D eigenvalue weighted by Gasteiger charge is 2.11. The summed E-state index contributed by atoms with van der Waals surface area (Å²) in [6, 6.07) is 12.8. The lowest BCUT2D eigenvalue weighted by Gasteiger charge is -2.12. The molecule has 156 valence electrons. The Morgan fingerprint density at radius 3 is 2.83 bits per heavy atom. The van der Waals surface area contributed by atoms with E-state index in [-0.39, 0.29) is 5.91 Å². The number of nitrogens with one attached hydrogen (secondary N) is 1. The van der Waals surface area contributed by atoms with E-state index < -0.39 is 0 Å². The summed E-state index contributed by atoms with van der Waals surface area (Å²) in [5, 5.41) is 5.08. The van der Waals surface area contributed by atoms with Crippen LogP contribution in [-0.2, 0) is 11.3 Å². The van der Waals surface area contributed by atoms with Crippen LogP contribution in [0.3, 0.4) is 0 Å². The average Bonchev–Trinajstić information content (AvgIpc) is 3.18. The molecule has 1 aliphatic carbocycles. The van der Waals surface area contributed by atoms with Gasteiger partial charge in [0.1, 0.15) is 5.03 Å². The highest BCUT2D eigenvalue weighted by Crippen LogP contribution is 2.27. The molecule has 0 radical (unpaired) electrons. The number of carbonyl (C=O) groups excluding carboxylic acids is 1. The second-order valence-corrected chi connectivity index (χ2v) is 8.94. The van der Waals surface area contributed by atoms with Gasteiger partial charge in [-0.2, -0.15) is 0 Å². The lowest BCUT2D eigenvalue weighted by molar-refractivity contribution is -0.118. The number of thioether (sulfide) groups is 1. The minimum absolute atomic E-state index is 0.0781. The number of benzene rings is 1. The van der Waals surface area contributed by atoms with Crippen molar-refractivity contribution in [1.82, 2.24) is 14.9 Å². The fourth-order valence-corrected chi connectivity index (χ4v) is 4.75. The van der Waals surface area contributed by atoms with E-state index in [0.29, 0.717) is 5.75 Å². The van der Waals surface area contributed by atoms with Gasteiger partial charge in [-0.05, 0) is 56.7 Å². The first kappa shape index (κ1) is 20.7. The van der Waals surface area contributed by atoms with Crippen molar-refractivity contribution in [3.05, 3.63) is 71.6 Å². The highest BCUT2D eigenvalue weighted by molar-refractivity contribution is 8.00. The number of carbonyl (C=O) groups is 1. The average molecular weight is 420 g/mol. The Kier molecular flexibility index (Phi) is 6.90. The van der Waals surface area contributed by atoms with Crippen molar-refractivity contribution in [2.75, 3.05) is 12.3 Å². The molecule has 1 aliphatic rings. The van der Waals surface area contributed by atoms with Crippen molar-refractivity contribution in [1.29, 1.82) is 0 Å². The molecule has 2 aromatic heterocycles. The zero-order valence-corrected chi connectivity index (χ0v) is 18.4. The van der Waals surface area contributed by atoms with Crippen LogP contribution in [-0.4, -0.2) is 27.8 Å². The van der Waals surface area contributed by atoms with E-state index in [2.05, 4.69) is 64.4 Å². The van der Waals surface area contributed by atoms with Crippen LogP contribution >= 0.6 is 11.8 Å². The van der Waals surface area contributed by atoms with Crippen LogP contribution in [0.1, 0.15) is 43.2 Å². The molecule has 0 bridgehead atoms. The minimum atomic E-state index is 0.0781. The number of pyridine rings is 1. The Bertz CT molecular complexity index is 1040. The van der Waals surface area contributed by atoms with Gasteiger partial charge in [-0.15, -0.1) is 0 Å². The van der Waals surface area contributed by atoms with Gasteiger partial charge in [-0.25, -0.2) is 4.98 Å². The van der Waals surface area contributed by atoms with Crippen LogP contribution in [0.5, 0.6) is 0 Å². The number of nitrogens with zero attached hydrogens (tertiary/aromatic N) is 2. The summed E-state index contributed by atoms with van der Waals surface area (Å²) in [6.07, 6.45) is 12.2. The predicted molar refractivity (Wildman–Crippen MR) is 125 cm³/mol. The third-order valence-corrected chi connectivity index (χ3v) is 6.63. The summed E-state index contributed by atoms with van der Waals surface area (Å²) in [7, 11) is 0. The zero-order valence-electron chi connectivity index (χ0n) is 17.6. The first-order valence-electron chi connectivity index (χ1n) is 10.8. The van der Waals surface area contributed by atoms with Gasteiger partial charge in [0.25, 0.3) is 0 Å². The molecular weight excluding hydrogens is 390 g/mol. The number of rotatable bonds is 8. The summed E-state index contributed by atoms with van der Waals surface area (Å²) >= 11 is 1.51. The lowest BCUT2D eigenvalue weighted by Crippen LogP contribution is -2.26. The molecule has 0 saturated carbocycles. The van der Waals surface area contributed by atoms with Gasteiger partial charge >= 0.3 is 0 Å². The van der Waals surface area contributed by atoms with Gasteiger partial charge in [0, 0.05) is 30.9 Å². The molecule has 4 rings (SSSR count). The summed E-state index contributed by atoms with van der Waals surface area (Å²) < 4.78 is 2.24. The second kappa shape index (κ2) is 9.98. The molecule has 2 heterocycles. The maximum Gasteiger partial charge on any atom is 0.230 e. The molecule has 0 atom stereocenters. The zero-order chi connectivity index (χ0) is 20.8. The van der Waals surface area contributed by atoms with Crippen molar-refractivity contribution >= 4 is 28.6 Å². The van der Waals surface area contributed by atoms with E-state index in [9.17, 15) is 4.79 Å². The molecule has 1 amide bonds.